The first-order valence-corrected chi connectivity index (χ1v) is 6.78. The SMILES string of the molecule is Cc1c(Cl)cccc1NC(C)C(=O)N1CCCC1. The van der Waals surface area contributed by atoms with Crippen molar-refractivity contribution in [2.45, 2.75) is 32.7 Å². The molecule has 2 rings (SSSR count). The highest BCUT2D eigenvalue weighted by atomic mass is 35.5. The van der Waals surface area contributed by atoms with Gasteiger partial charge in [-0.1, -0.05) is 17.7 Å². The van der Waals surface area contributed by atoms with Crippen LogP contribution in [0.2, 0.25) is 5.02 Å². The number of nitrogens with zero attached hydrogens (tertiary/aromatic N) is 1. The van der Waals surface area contributed by atoms with E-state index in [1.165, 1.54) is 0 Å². The topological polar surface area (TPSA) is 32.3 Å². The summed E-state index contributed by atoms with van der Waals surface area (Å²) in [5.74, 6) is 0.173. The Kier molecular flexibility index (Phi) is 4.12. The number of carbonyl (C=O) groups is 1. The number of amides is 1. The molecule has 98 valence electrons. The Bertz CT molecular complexity index is 441. The first-order chi connectivity index (χ1) is 8.59. The zero-order chi connectivity index (χ0) is 13.1. The van der Waals surface area contributed by atoms with Crippen molar-refractivity contribution in [2.75, 3.05) is 18.4 Å². The average molecular weight is 267 g/mol. The molecule has 0 aliphatic carbocycles. The van der Waals surface area contributed by atoms with Crippen LogP contribution >= 0.6 is 11.6 Å². The van der Waals surface area contributed by atoms with Crippen molar-refractivity contribution in [3.63, 3.8) is 0 Å². The Hall–Kier alpha value is -1.22. The molecule has 1 aliphatic rings. The van der Waals surface area contributed by atoms with Crippen LogP contribution in [0.3, 0.4) is 0 Å². The van der Waals surface area contributed by atoms with Crippen molar-refractivity contribution < 1.29 is 4.79 Å². The van der Waals surface area contributed by atoms with Crippen molar-refractivity contribution in [1.29, 1.82) is 0 Å². The lowest BCUT2D eigenvalue weighted by atomic mass is 10.1. The van der Waals surface area contributed by atoms with Crippen molar-refractivity contribution in [3.05, 3.63) is 28.8 Å². The van der Waals surface area contributed by atoms with Gasteiger partial charge in [0.15, 0.2) is 0 Å². The summed E-state index contributed by atoms with van der Waals surface area (Å²) in [5, 5.41) is 3.97. The molecule has 0 bridgehead atoms. The van der Waals surface area contributed by atoms with Gasteiger partial charge in [-0.15, -0.1) is 0 Å². The minimum Gasteiger partial charge on any atom is -0.374 e. The number of halogens is 1. The zero-order valence-electron chi connectivity index (χ0n) is 10.9. The Balaban J connectivity index is 2.04. The fourth-order valence-electron chi connectivity index (χ4n) is 2.27. The molecule has 1 fully saturated rings. The number of hydrogen-bond donors (Lipinski definition) is 1. The van der Waals surface area contributed by atoms with Crippen LogP contribution in [0.4, 0.5) is 5.69 Å². The second-order valence-corrected chi connectivity index (χ2v) is 5.22. The average Bonchev–Trinajstić information content (AvgIpc) is 2.87. The van der Waals surface area contributed by atoms with E-state index in [9.17, 15) is 4.79 Å². The Morgan fingerprint density at radius 2 is 2.06 bits per heavy atom. The summed E-state index contributed by atoms with van der Waals surface area (Å²) in [5.41, 5.74) is 1.92. The lowest BCUT2D eigenvalue weighted by Gasteiger charge is -2.22. The maximum atomic E-state index is 12.2. The van der Waals surface area contributed by atoms with Crippen LogP contribution in [-0.2, 0) is 4.79 Å². The van der Waals surface area contributed by atoms with Gasteiger partial charge in [0, 0.05) is 23.8 Å². The molecule has 18 heavy (non-hydrogen) atoms. The maximum Gasteiger partial charge on any atom is 0.244 e. The molecule has 1 aliphatic heterocycles. The second kappa shape index (κ2) is 5.61. The molecule has 1 unspecified atom stereocenters. The molecule has 1 aromatic carbocycles. The largest absolute Gasteiger partial charge is 0.374 e. The molecule has 1 amide bonds. The zero-order valence-corrected chi connectivity index (χ0v) is 11.6. The molecule has 1 N–H and O–H groups in total. The molecule has 1 heterocycles. The van der Waals surface area contributed by atoms with Crippen LogP contribution in [0, 0.1) is 6.92 Å². The molecule has 0 saturated carbocycles. The van der Waals surface area contributed by atoms with Crippen molar-refractivity contribution >= 4 is 23.2 Å². The minimum absolute atomic E-state index is 0.173. The van der Waals surface area contributed by atoms with Crippen LogP contribution in [0.15, 0.2) is 18.2 Å². The predicted molar refractivity (Wildman–Crippen MR) is 75.1 cm³/mol. The van der Waals surface area contributed by atoms with Crippen molar-refractivity contribution in [3.8, 4) is 0 Å². The van der Waals surface area contributed by atoms with Gasteiger partial charge in [0.2, 0.25) is 5.91 Å². The molecule has 1 saturated heterocycles. The fraction of sp³-hybridized carbons (Fsp3) is 0.500. The van der Waals surface area contributed by atoms with E-state index in [2.05, 4.69) is 5.32 Å². The Morgan fingerprint density at radius 1 is 1.39 bits per heavy atom. The monoisotopic (exact) mass is 266 g/mol. The van der Waals surface area contributed by atoms with E-state index in [0.717, 1.165) is 42.2 Å². The van der Waals surface area contributed by atoms with Gasteiger partial charge >= 0.3 is 0 Å². The first-order valence-electron chi connectivity index (χ1n) is 6.40. The first kappa shape index (κ1) is 13.2. The number of anilines is 1. The third kappa shape index (κ3) is 2.78. The van der Waals surface area contributed by atoms with Gasteiger partial charge in [-0.3, -0.25) is 4.79 Å². The molecular weight excluding hydrogens is 248 g/mol. The molecule has 1 atom stereocenters. The minimum atomic E-state index is -0.208. The lowest BCUT2D eigenvalue weighted by molar-refractivity contribution is -0.130. The van der Waals surface area contributed by atoms with Gasteiger partial charge in [0.1, 0.15) is 6.04 Å². The van der Waals surface area contributed by atoms with Gasteiger partial charge in [0.05, 0.1) is 0 Å². The van der Waals surface area contributed by atoms with E-state index in [-0.39, 0.29) is 11.9 Å². The molecule has 0 aromatic heterocycles. The summed E-state index contributed by atoms with van der Waals surface area (Å²) in [7, 11) is 0. The molecule has 1 aromatic rings. The highest BCUT2D eigenvalue weighted by Gasteiger charge is 2.23. The maximum absolute atomic E-state index is 12.2. The summed E-state index contributed by atoms with van der Waals surface area (Å²) >= 11 is 6.07. The highest BCUT2D eigenvalue weighted by molar-refractivity contribution is 6.31. The van der Waals surface area contributed by atoms with Gasteiger partial charge < -0.3 is 10.2 Å². The van der Waals surface area contributed by atoms with Gasteiger partial charge in [0.25, 0.3) is 0 Å². The number of nitrogens with one attached hydrogen (secondary N) is 1. The number of hydrogen-bond acceptors (Lipinski definition) is 2. The summed E-state index contributed by atoms with van der Waals surface area (Å²) in [4.78, 5) is 14.1. The quantitative estimate of drug-likeness (QED) is 0.912. The standard InChI is InChI=1S/C14H19ClN2O/c1-10-12(15)6-5-7-13(10)16-11(2)14(18)17-8-3-4-9-17/h5-7,11,16H,3-4,8-9H2,1-2H3. The summed E-state index contributed by atoms with van der Waals surface area (Å²) < 4.78 is 0. The van der Waals surface area contributed by atoms with E-state index < -0.39 is 0 Å². The van der Waals surface area contributed by atoms with Gasteiger partial charge in [-0.2, -0.15) is 0 Å². The number of rotatable bonds is 3. The predicted octanol–water partition coefficient (Wildman–Crippen LogP) is 3.07. The van der Waals surface area contributed by atoms with Crippen LogP contribution < -0.4 is 5.32 Å². The Labute approximate surface area is 113 Å². The summed E-state index contributed by atoms with van der Waals surface area (Å²) in [6.45, 7) is 5.64. The smallest absolute Gasteiger partial charge is 0.244 e. The van der Waals surface area contributed by atoms with E-state index in [1.54, 1.807) is 0 Å². The van der Waals surface area contributed by atoms with E-state index in [1.807, 2.05) is 36.9 Å². The summed E-state index contributed by atoms with van der Waals surface area (Å²) in [6.07, 6.45) is 2.24. The van der Waals surface area contributed by atoms with Crippen molar-refractivity contribution in [2.24, 2.45) is 0 Å². The van der Waals surface area contributed by atoms with E-state index >= 15 is 0 Å². The highest BCUT2D eigenvalue weighted by Crippen LogP contribution is 2.24. The number of benzene rings is 1. The Morgan fingerprint density at radius 3 is 2.72 bits per heavy atom. The third-order valence-corrected chi connectivity index (χ3v) is 3.84. The number of carbonyl (C=O) groups excluding carboxylic acids is 1. The normalized spacial score (nSPS) is 16.7. The van der Waals surface area contributed by atoms with Crippen LogP contribution in [0.25, 0.3) is 0 Å². The van der Waals surface area contributed by atoms with Crippen LogP contribution in [0.1, 0.15) is 25.3 Å². The second-order valence-electron chi connectivity index (χ2n) is 4.81. The van der Waals surface area contributed by atoms with Gasteiger partial charge in [-0.25, -0.2) is 0 Å². The van der Waals surface area contributed by atoms with Crippen molar-refractivity contribution in [1.82, 2.24) is 4.90 Å². The third-order valence-electron chi connectivity index (χ3n) is 3.43. The molecule has 0 spiro atoms. The van der Waals surface area contributed by atoms with Crippen LogP contribution in [-0.4, -0.2) is 29.9 Å². The molecule has 0 radical (unpaired) electrons. The molecule has 4 heteroatoms. The summed E-state index contributed by atoms with van der Waals surface area (Å²) in [6, 6.07) is 5.50. The lowest BCUT2D eigenvalue weighted by Crippen LogP contribution is -2.39. The van der Waals surface area contributed by atoms with Crippen LogP contribution in [0.5, 0.6) is 0 Å². The number of likely N-dealkylation sites (tertiary alicyclic amines) is 1. The molecular formula is C14H19ClN2O. The van der Waals surface area contributed by atoms with E-state index in [4.69, 9.17) is 11.6 Å². The van der Waals surface area contributed by atoms with E-state index in [0.29, 0.717) is 0 Å². The molecule has 3 nitrogen and oxygen atoms in total. The fourth-order valence-corrected chi connectivity index (χ4v) is 2.44. The van der Waals surface area contributed by atoms with Gasteiger partial charge in [-0.05, 0) is 44.4 Å².